The lowest BCUT2D eigenvalue weighted by molar-refractivity contribution is 0.0951. The predicted octanol–water partition coefficient (Wildman–Crippen LogP) is 1.29. The molecule has 1 aliphatic heterocycles. The highest BCUT2D eigenvalue weighted by Gasteiger charge is 2.18. The maximum absolute atomic E-state index is 12.1. The van der Waals surface area contributed by atoms with Crippen LogP contribution in [0.3, 0.4) is 0 Å². The van der Waals surface area contributed by atoms with E-state index in [9.17, 15) is 4.79 Å². The monoisotopic (exact) mass is 350 g/mol. The van der Waals surface area contributed by atoms with Crippen LogP contribution in [-0.4, -0.2) is 60.0 Å². The molecular formula is C19H22N6O. The summed E-state index contributed by atoms with van der Waals surface area (Å²) in [5.41, 5.74) is 1.14. The van der Waals surface area contributed by atoms with Gasteiger partial charge in [-0.3, -0.25) is 9.69 Å². The van der Waals surface area contributed by atoms with Gasteiger partial charge in [-0.05, 0) is 43.3 Å². The minimum atomic E-state index is -0.0967. The van der Waals surface area contributed by atoms with E-state index in [4.69, 9.17) is 5.26 Å². The number of piperazine rings is 1. The van der Waals surface area contributed by atoms with Crippen molar-refractivity contribution < 1.29 is 4.79 Å². The molecule has 1 aromatic heterocycles. The summed E-state index contributed by atoms with van der Waals surface area (Å²) in [7, 11) is 0. The van der Waals surface area contributed by atoms with Crippen LogP contribution < -0.4 is 10.2 Å². The van der Waals surface area contributed by atoms with Crippen molar-refractivity contribution in [1.29, 1.82) is 5.26 Å². The van der Waals surface area contributed by atoms with E-state index >= 15 is 0 Å². The molecule has 0 spiro atoms. The maximum Gasteiger partial charge on any atom is 0.251 e. The molecule has 1 amide bonds. The second-order valence-corrected chi connectivity index (χ2v) is 6.18. The van der Waals surface area contributed by atoms with Gasteiger partial charge in [-0.2, -0.15) is 5.26 Å². The Morgan fingerprint density at radius 3 is 2.46 bits per heavy atom. The number of hydrogen-bond acceptors (Lipinski definition) is 6. The summed E-state index contributed by atoms with van der Waals surface area (Å²) in [5.74, 6) is 0.697. The molecule has 1 N–H and O–H groups in total. The van der Waals surface area contributed by atoms with Crippen molar-refractivity contribution in [2.45, 2.75) is 6.42 Å². The second-order valence-electron chi connectivity index (χ2n) is 6.18. The van der Waals surface area contributed by atoms with Crippen LogP contribution in [0.5, 0.6) is 0 Å². The number of aromatic nitrogens is 2. The van der Waals surface area contributed by atoms with Crippen molar-refractivity contribution >= 4 is 11.9 Å². The highest BCUT2D eigenvalue weighted by Crippen LogP contribution is 2.09. The summed E-state index contributed by atoms with van der Waals surface area (Å²) in [6, 6.07) is 10.5. The first-order valence-corrected chi connectivity index (χ1v) is 8.79. The summed E-state index contributed by atoms with van der Waals surface area (Å²) in [4.78, 5) is 25.2. The lowest BCUT2D eigenvalue weighted by atomic mass is 10.1. The van der Waals surface area contributed by atoms with E-state index in [1.54, 1.807) is 36.7 Å². The Bertz CT molecular complexity index is 748. The van der Waals surface area contributed by atoms with E-state index in [2.05, 4.69) is 25.1 Å². The zero-order chi connectivity index (χ0) is 18.2. The van der Waals surface area contributed by atoms with Gasteiger partial charge in [0.05, 0.1) is 11.6 Å². The van der Waals surface area contributed by atoms with Crippen LogP contribution in [0.15, 0.2) is 42.7 Å². The lowest BCUT2D eigenvalue weighted by Gasteiger charge is -2.34. The van der Waals surface area contributed by atoms with Crippen LogP contribution in [0.2, 0.25) is 0 Å². The lowest BCUT2D eigenvalue weighted by Crippen LogP contribution is -2.47. The number of amides is 1. The molecule has 26 heavy (non-hydrogen) atoms. The topological polar surface area (TPSA) is 85.2 Å². The summed E-state index contributed by atoms with van der Waals surface area (Å²) in [6.45, 7) is 5.38. The Kier molecular flexibility index (Phi) is 6.12. The first-order chi connectivity index (χ1) is 12.8. The van der Waals surface area contributed by atoms with Crippen LogP contribution >= 0.6 is 0 Å². The molecule has 3 rings (SSSR count). The van der Waals surface area contributed by atoms with E-state index in [-0.39, 0.29) is 5.91 Å². The predicted molar refractivity (Wildman–Crippen MR) is 98.8 cm³/mol. The molecule has 7 heteroatoms. The summed E-state index contributed by atoms with van der Waals surface area (Å²) >= 11 is 0. The Morgan fingerprint density at radius 1 is 1.12 bits per heavy atom. The van der Waals surface area contributed by atoms with E-state index in [1.165, 1.54) is 0 Å². The van der Waals surface area contributed by atoms with Gasteiger partial charge < -0.3 is 10.2 Å². The van der Waals surface area contributed by atoms with Gasteiger partial charge in [0.2, 0.25) is 5.95 Å². The number of hydrogen-bond donors (Lipinski definition) is 1. The number of benzene rings is 1. The molecule has 0 radical (unpaired) electrons. The van der Waals surface area contributed by atoms with Crippen LogP contribution in [0.25, 0.3) is 0 Å². The van der Waals surface area contributed by atoms with Gasteiger partial charge in [0.15, 0.2) is 0 Å². The average Bonchev–Trinajstić information content (AvgIpc) is 2.72. The molecule has 2 heterocycles. The maximum atomic E-state index is 12.1. The molecule has 1 saturated heterocycles. The minimum absolute atomic E-state index is 0.0967. The molecule has 0 aliphatic carbocycles. The number of anilines is 1. The first-order valence-electron chi connectivity index (χ1n) is 8.79. The van der Waals surface area contributed by atoms with Gasteiger partial charge in [-0.25, -0.2) is 9.97 Å². The van der Waals surface area contributed by atoms with Crippen LogP contribution in [0, 0.1) is 11.3 Å². The van der Waals surface area contributed by atoms with Crippen molar-refractivity contribution in [3.63, 3.8) is 0 Å². The quantitative estimate of drug-likeness (QED) is 0.790. The number of nitrogens with zero attached hydrogens (tertiary/aromatic N) is 5. The SMILES string of the molecule is N#Cc1ccc(C(=O)NCCCN2CCN(c3ncccn3)CC2)cc1. The molecule has 1 aromatic carbocycles. The minimum Gasteiger partial charge on any atom is -0.352 e. The van der Waals surface area contributed by atoms with E-state index in [0.29, 0.717) is 17.7 Å². The fraction of sp³-hybridized carbons (Fsp3) is 0.368. The Balaban J connectivity index is 1.34. The number of rotatable bonds is 6. The summed E-state index contributed by atoms with van der Waals surface area (Å²) in [5, 5.41) is 11.7. The van der Waals surface area contributed by atoms with E-state index in [1.807, 2.05) is 12.1 Å². The highest BCUT2D eigenvalue weighted by molar-refractivity contribution is 5.94. The van der Waals surface area contributed by atoms with Gasteiger partial charge in [-0.15, -0.1) is 0 Å². The van der Waals surface area contributed by atoms with Gasteiger partial charge in [0.1, 0.15) is 0 Å². The number of carbonyl (C=O) groups is 1. The Labute approximate surface area is 153 Å². The molecule has 134 valence electrons. The smallest absolute Gasteiger partial charge is 0.251 e. The van der Waals surface area contributed by atoms with E-state index in [0.717, 1.165) is 45.1 Å². The van der Waals surface area contributed by atoms with Crippen LogP contribution in [-0.2, 0) is 0 Å². The number of carbonyl (C=O) groups excluding carboxylic acids is 1. The van der Waals surface area contributed by atoms with Crippen LogP contribution in [0.1, 0.15) is 22.3 Å². The molecule has 2 aromatic rings. The Morgan fingerprint density at radius 2 is 1.81 bits per heavy atom. The van der Waals surface area contributed by atoms with Crippen molar-refractivity contribution in [2.75, 3.05) is 44.2 Å². The number of nitrogens with one attached hydrogen (secondary N) is 1. The molecule has 1 fully saturated rings. The molecule has 0 bridgehead atoms. The number of nitriles is 1. The Hall–Kier alpha value is -2.98. The highest BCUT2D eigenvalue weighted by atomic mass is 16.1. The largest absolute Gasteiger partial charge is 0.352 e. The third-order valence-corrected chi connectivity index (χ3v) is 4.42. The molecule has 1 aliphatic rings. The summed E-state index contributed by atoms with van der Waals surface area (Å²) in [6.07, 6.45) is 4.44. The van der Waals surface area contributed by atoms with Crippen molar-refractivity contribution in [3.8, 4) is 6.07 Å². The second kappa shape index (κ2) is 8.92. The van der Waals surface area contributed by atoms with Gasteiger partial charge in [0, 0.05) is 50.7 Å². The standard InChI is InChI=1S/C19H22N6O/c20-15-16-3-5-17(6-4-16)18(26)21-9-2-10-24-11-13-25(14-12-24)19-22-7-1-8-23-19/h1,3-8H,2,9-14H2,(H,21,26). The molecule has 0 atom stereocenters. The first kappa shape index (κ1) is 17.8. The van der Waals surface area contributed by atoms with Gasteiger partial charge in [-0.1, -0.05) is 0 Å². The van der Waals surface area contributed by atoms with Crippen molar-refractivity contribution in [1.82, 2.24) is 20.2 Å². The molecular weight excluding hydrogens is 328 g/mol. The zero-order valence-corrected chi connectivity index (χ0v) is 14.6. The molecule has 7 nitrogen and oxygen atoms in total. The zero-order valence-electron chi connectivity index (χ0n) is 14.6. The third kappa shape index (κ3) is 4.77. The molecule has 0 unspecified atom stereocenters. The van der Waals surface area contributed by atoms with E-state index < -0.39 is 0 Å². The van der Waals surface area contributed by atoms with Gasteiger partial charge >= 0.3 is 0 Å². The van der Waals surface area contributed by atoms with Crippen molar-refractivity contribution in [3.05, 3.63) is 53.9 Å². The fourth-order valence-corrected chi connectivity index (χ4v) is 2.93. The summed E-state index contributed by atoms with van der Waals surface area (Å²) < 4.78 is 0. The van der Waals surface area contributed by atoms with Gasteiger partial charge in [0.25, 0.3) is 5.91 Å². The van der Waals surface area contributed by atoms with Crippen molar-refractivity contribution in [2.24, 2.45) is 0 Å². The normalized spacial score (nSPS) is 14.7. The fourth-order valence-electron chi connectivity index (χ4n) is 2.93. The molecule has 0 saturated carbocycles. The third-order valence-electron chi connectivity index (χ3n) is 4.42. The van der Waals surface area contributed by atoms with Crippen LogP contribution in [0.4, 0.5) is 5.95 Å². The average molecular weight is 350 g/mol.